The summed E-state index contributed by atoms with van der Waals surface area (Å²) in [5.74, 6) is -0.371. The molecule has 1 aromatic carbocycles. The van der Waals surface area contributed by atoms with Gasteiger partial charge in [-0.2, -0.15) is 0 Å². The number of ether oxygens (including phenoxy) is 1. The second-order valence-electron chi connectivity index (χ2n) is 5.14. The Hall–Kier alpha value is -1.84. The fourth-order valence-electron chi connectivity index (χ4n) is 1.45. The van der Waals surface area contributed by atoms with Crippen LogP contribution in [0, 0.1) is 0 Å². The lowest BCUT2D eigenvalue weighted by Crippen LogP contribution is -2.24. The zero-order valence-electron chi connectivity index (χ0n) is 11.2. The summed E-state index contributed by atoms with van der Waals surface area (Å²) in [5, 5.41) is 2.67. The van der Waals surface area contributed by atoms with E-state index in [1.54, 1.807) is 24.3 Å². The minimum atomic E-state index is -0.465. The molecule has 0 bridgehead atoms. The lowest BCUT2D eigenvalue weighted by atomic mass is 10.1. The molecule has 0 aliphatic heterocycles. The van der Waals surface area contributed by atoms with E-state index >= 15 is 0 Å². The van der Waals surface area contributed by atoms with E-state index in [0.29, 0.717) is 0 Å². The average Bonchev–Trinajstić information content (AvgIpc) is 2.17. The van der Waals surface area contributed by atoms with Crippen molar-refractivity contribution in [3.63, 3.8) is 0 Å². The zero-order chi connectivity index (χ0) is 13.8. The van der Waals surface area contributed by atoms with Crippen LogP contribution < -0.4 is 5.32 Å². The summed E-state index contributed by atoms with van der Waals surface area (Å²) < 4.78 is 5.23. The van der Waals surface area contributed by atoms with Crippen molar-refractivity contribution in [2.24, 2.45) is 0 Å². The number of carbonyl (C=O) groups is 2. The Morgan fingerprint density at radius 2 is 1.72 bits per heavy atom. The highest BCUT2D eigenvalue weighted by Gasteiger charge is 2.16. The smallest absolute Gasteiger partial charge is 0.310 e. The summed E-state index contributed by atoms with van der Waals surface area (Å²) in [4.78, 5) is 22.4. The topological polar surface area (TPSA) is 55.4 Å². The van der Waals surface area contributed by atoms with Crippen LogP contribution in [0.1, 0.15) is 33.3 Å². The normalized spacial score (nSPS) is 10.9. The van der Waals surface area contributed by atoms with Gasteiger partial charge in [-0.15, -0.1) is 0 Å². The minimum absolute atomic E-state index is 0.116. The molecule has 4 nitrogen and oxygen atoms in total. The van der Waals surface area contributed by atoms with E-state index in [9.17, 15) is 9.59 Å². The zero-order valence-corrected chi connectivity index (χ0v) is 11.2. The van der Waals surface area contributed by atoms with Crippen molar-refractivity contribution in [3.8, 4) is 0 Å². The maximum Gasteiger partial charge on any atom is 0.310 e. The molecule has 1 amide bonds. The molecular formula is C14H19NO3. The van der Waals surface area contributed by atoms with E-state index in [4.69, 9.17) is 4.74 Å². The summed E-state index contributed by atoms with van der Waals surface area (Å²) in [6.45, 7) is 6.97. The van der Waals surface area contributed by atoms with Gasteiger partial charge in [-0.25, -0.2) is 0 Å². The van der Waals surface area contributed by atoms with E-state index in [2.05, 4.69) is 5.32 Å². The maximum absolute atomic E-state index is 11.6. The van der Waals surface area contributed by atoms with Gasteiger partial charge in [0.25, 0.3) is 0 Å². The largest absolute Gasteiger partial charge is 0.460 e. The van der Waals surface area contributed by atoms with E-state index in [1.165, 1.54) is 6.92 Å². The molecule has 98 valence electrons. The van der Waals surface area contributed by atoms with Crippen LogP contribution in [-0.4, -0.2) is 17.5 Å². The summed E-state index contributed by atoms with van der Waals surface area (Å²) >= 11 is 0. The molecule has 0 atom stereocenters. The van der Waals surface area contributed by atoms with Crippen LogP contribution in [0.4, 0.5) is 5.69 Å². The average molecular weight is 249 g/mol. The number of hydrogen-bond acceptors (Lipinski definition) is 3. The number of carbonyl (C=O) groups excluding carboxylic acids is 2. The molecule has 1 N–H and O–H groups in total. The van der Waals surface area contributed by atoms with Gasteiger partial charge in [-0.3, -0.25) is 9.59 Å². The third kappa shape index (κ3) is 5.48. The highest BCUT2D eigenvalue weighted by atomic mass is 16.6. The molecule has 0 saturated carbocycles. The Bertz CT molecular complexity index is 429. The highest BCUT2D eigenvalue weighted by Crippen LogP contribution is 2.13. The molecule has 18 heavy (non-hydrogen) atoms. The minimum Gasteiger partial charge on any atom is -0.460 e. The number of nitrogens with one attached hydrogen (secondary N) is 1. The monoisotopic (exact) mass is 249 g/mol. The van der Waals surface area contributed by atoms with Gasteiger partial charge in [0, 0.05) is 12.6 Å². The first-order valence-electron chi connectivity index (χ1n) is 5.84. The Labute approximate surface area is 107 Å². The van der Waals surface area contributed by atoms with E-state index in [-0.39, 0.29) is 18.3 Å². The summed E-state index contributed by atoms with van der Waals surface area (Å²) in [7, 11) is 0. The maximum atomic E-state index is 11.6. The van der Waals surface area contributed by atoms with Crippen molar-refractivity contribution < 1.29 is 14.3 Å². The SMILES string of the molecule is CC(=O)Nc1ccc(CC(=O)OC(C)(C)C)cc1. The van der Waals surface area contributed by atoms with Gasteiger partial charge >= 0.3 is 5.97 Å². The van der Waals surface area contributed by atoms with Crippen LogP contribution in [0.15, 0.2) is 24.3 Å². The molecule has 1 rings (SSSR count). The van der Waals surface area contributed by atoms with Crippen LogP contribution in [-0.2, 0) is 20.7 Å². The first-order chi connectivity index (χ1) is 8.26. The first-order valence-corrected chi connectivity index (χ1v) is 5.84. The second kappa shape index (κ2) is 5.67. The van der Waals surface area contributed by atoms with Crippen LogP contribution >= 0.6 is 0 Å². The molecule has 0 fully saturated rings. The fraction of sp³-hybridized carbons (Fsp3) is 0.429. The predicted octanol–water partition coefficient (Wildman–Crippen LogP) is 2.53. The number of amides is 1. The molecule has 0 spiro atoms. The molecule has 1 aromatic rings. The van der Waals surface area contributed by atoms with Crippen molar-refractivity contribution in [2.45, 2.75) is 39.7 Å². The molecule has 0 aliphatic rings. The first kappa shape index (κ1) is 14.2. The lowest BCUT2D eigenvalue weighted by Gasteiger charge is -2.19. The third-order valence-corrected chi connectivity index (χ3v) is 2.04. The van der Waals surface area contributed by atoms with Crippen molar-refractivity contribution in [1.82, 2.24) is 0 Å². The molecule has 0 aromatic heterocycles. The summed E-state index contributed by atoms with van der Waals surface area (Å²) in [6, 6.07) is 7.13. The molecule has 0 radical (unpaired) electrons. The number of rotatable bonds is 3. The van der Waals surface area contributed by atoms with Crippen molar-refractivity contribution >= 4 is 17.6 Å². The van der Waals surface area contributed by atoms with Gasteiger partial charge in [0.05, 0.1) is 6.42 Å². The summed E-state index contributed by atoms with van der Waals surface area (Å²) in [6.07, 6.45) is 0.234. The number of benzene rings is 1. The van der Waals surface area contributed by atoms with Gasteiger partial charge in [-0.05, 0) is 38.5 Å². The molecule has 0 heterocycles. The molecule has 4 heteroatoms. The van der Waals surface area contributed by atoms with Crippen molar-refractivity contribution in [3.05, 3.63) is 29.8 Å². The van der Waals surface area contributed by atoms with Gasteiger partial charge in [0.2, 0.25) is 5.91 Å². The van der Waals surface area contributed by atoms with Crippen LogP contribution in [0.25, 0.3) is 0 Å². The highest BCUT2D eigenvalue weighted by molar-refractivity contribution is 5.88. The molecular weight excluding hydrogens is 230 g/mol. The molecule has 0 aliphatic carbocycles. The summed E-state index contributed by atoms with van der Waals surface area (Å²) in [5.41, 5.74) is 1.11. The third-order valence-electron chi connectivity index (χ3n) is 2.04. The number of esters is 1. The van der Waals surface area contributed by atoms with Crippen molar-refractivity contribution in [1.29, 1.82) is 0 Å². The second-order valence-corrected chi connectivity index (χ2v) is 5.14. The Balaban J connectivity index is 2.58. The van der Waals surface area contributed by atoms with Gasteiger partial charge in [-0.1, -0.05) is 12.1 Å². The van der Waals surface area contributed by atoms with Crippen molar-refractivity contribution in [2.75, 3.05) is 5.32 Å². The van der Waals surface area contributed by atoms with E-state index in [0.717, 1.165) is 11.3 Å². The Morgan fingerprint density at radius 3 is 2.17 bits per heavy atom. The Kier molecular flexibility index (Phi) is 4.48. The fourth-order valence-corrected chi connectivity index (χ4v) is 1.45. The van der Waals surface area contributed by atoms with Crippen LogP contribution in [0.2, 0.25) is 0 Å². The quantitative estimate of drug-likeness (QED) is 0.837. The molecule has 0 saturated heterocycles. The van der Waals surface area contributed by atoms with E-state index in [1.807, 2.05) is 20.8 Å². The number of anilines is 1. The molecule has 0 unspecified atom stereocenters. The lowest BCUT2D eigenvalue weighted by molar-refractivity contribution is -0.153. The van der Waals surface area contributed by atoms with Crippen LogP contribution in [0.3, 0.4) is 0 Å². The van der Waals surface area contributed by atoms with Gasteiger partial charge in [0.1, 0.15) is 5.60 Å². The standard InChI is InChI=1S/C14H19NO3/c1-10(16)15-12-7-5-11(6-8-12)9-13(17)18-14(2,3)4/h5-8H,9H2,1-4H3,(H,15,16). The van der Waals surface area contributed by atoms with Gasteiger partial charge in [0.15, 0.2) is 0 Å². The van der Waals surface area contributed by atoms with Crippen LogP contribution in [0.5, 0.6) is 0 Å². The number of hydrogen-bond donors (Lipinski definition) is 1. The van der Waals surface area contributed by atoms with E-state index < -0.39 is 5.60 Å². The predicted molar refractivity (Wildman–Crippen MR) is 70.3 cm³/mol. The van der Waals surface area contributed by atoms with Gasteiger partial charge < -0.3 is 10.1 Å². The Morgan fingerprint density at radius 1 is 1.17 bits per heavy atom.